The lowest BCUT2D eigenvalue weighted by atomic mass is 11.0. The van der Waals surface area contributed by atoms with E-state index in [2.05, 4.69) is 41.2 Å². The van der Waals surface area contributed by atoms with Crippen molar-refractivity contribution in [1.82, 2.24) is 0 Å². The Labute approximate surface area is 55.4 Å². The molecule has 0 spiro atoms. The van der Waals surface area contributed by atoms with Gasteiger partial charge in [0.05, 0.1) is 0 Å². The summed E-state index contributed by atoms with van der Waals surface area (Å²) in [7, 11) is 4.67. The molecule has 0 N–H and O–H groups in total. The summed E-state index contributed by atoms with van der Waals surface area (Å²) in [6.07, 6.45) is 0. The summed E-state index contributed by atoms with van der Waals surface area (Å²) in [6, 6.07) is 0. The molecule has 2 unspecified atom stereocenters. The minimum atomic E-state index is 2.00. The van der Waals surface area contributed by atoms with Crippen LogP contribution in [0.3, 0.4) is 0 Å². The summed E-state index contributed by atoms with van der Waals surface area (Å²) in [4.78, 5) is 0. The molecule has 0 fully saturated rings. The molecule has 0 radical (unpaired) electrons. The van der Waals surface area contributed by atoms with E-state index in [0.717, 1.165) is 0 Å². The van der Waals surface area contributed by atoms with E-state index in [-0.39, 0.29) is 0 Å². The highest BCUT2D eigenvalue weighted by molar-refractivity contribution is 8.59. The van der Waals surface area contributed by atoms with Crippen LogP contribution in [-0.2, 0) is 0 Å². The Morgan fingerprint density at radius 1 is 1.00 bits per heavy atom. The zero-order valence-electron chi connectivity index (χ0n) is 4.05. The smallest absolute Gasteiger partial charge is 0.0683 e. The van der Waals surface area contributed by atoms with Crippen LogP contribution in [0.4, 0.5) is 0 Å². The van der Waals surface area contributed by atoms with Gasteiger partial charge in [0.15, 0.2) is 0 Å². The van der Waals surface area contributed by atoms with Crippen molar-refractivity contribution in [2.75, 3.05) is 0 Å². The topological polar surface area (TPSA) is 0 Å². The van der Waals surface area contributed by atoms with E-state index >= 15 is 0 Å². The molecule has 0 saturated carbocycles. The Kier molecular flexibility index (Phi) is 217. The Morgan fingerprint density at radius 3 is 1.00 bits per heavy atom. The maximum Gasteiger partial charge on any atom is -0.0683 e. The lowest BCUT2D eigenvalue weighted by Crippen LogP contribution is -0.856. The number of hydrogen-bond acceptors (Lipinski definition) is 2. The van der Waals surface area contributed by atoms with E-state index < -0.39 is 0 Å². The van der Waals surface area contributed by atoms with Crippen molar-refractivity contribution >= 4 is 41.2 Å². The fourth-order valence-corrected chi connectivity index (χ4v) is 0. The van der Waals surface area contributed by atoms with Crippen molar-refractivity contribution < 1.29 is 0 Å². The molecule has 0 heterocycles. The predicted molar refractivity (Wildman–Crippen MR) is 48.7 cm³/mol. The van der Waals surface area contributed by atoms with Gasteiger partial charge in [0.25, 0.3) is 0 Å². The summed E-state index contributed by atoms with van der Waals surface area (Å²) in [5, 5.41) is 0. The molecule has 0 aromatic carbocycles. The van der Waals surface area contributed by atoms with E-state index in [4.69, 9.17) is 0 Å². The maximum atomic E-state index is 3.22. The molecule has 0 aliphatic heterocycles. The van der Waals surface area contributed by atoms with Crippen LogP contribution in [-0.4, -0.2) is 0 Å². The molecular weight excluding hydrogens is 150 g/mol. The van der Waals surface area contributed by atoms with E-state index in [1.165, 1.54) is 0 Å². The van der Waals surface area contributed by atoms with Gasteiger partial charge in [-0.15, -0.1) is 41.2 Å². The monoisotopic (exact) mass is 162 g/mol. The molecule has 6 heavy (non-hydrogen) atoms. The molecule has 0 amide bonds. The lowest BCUT2D eigenvalue weighted by molar-refractivity contribution is 1.50. The molecule has 0 aliphatic carbocycles. The number of rotatable bonds is 0. The number of thiol groups is 2. The highest BCUT2D eigenvalue weighted by atomic mass is 33.1. The Hall–Kier alpha value is 1.56. The molecule has 2 atom stereocenters. The molecule has 0 aliphatic rings. The van der Waals surface area contributed by atoms with E-state index in [0.29, 0.717) is 0 Å². The van der Waals surface area contributed by atoms with Crippen LogP contribution in [0.5, 0.6) is 0 Å². The van der Waals surface area contributed by atoms with Gasteiger partial charge in [-0.25, -0.2) is 0 Å². The standard InChI is InChI=1S/C2H6.H4P2.H2S2/c3*1-2/h1-2H3;1-2H2;1-2H. The summed E-state index contributed by atoms with van der Waals surface area (Å²) >= 11 is 6.44. The van der Waals surface area contributed by atoms with Gasteiger partial charge in [-0.2, -0.15) is 0 Å². The summed E-state index contributed by atoms with van der Waals surface area (Å²) in [6.45, 7) is 4.00. The third kappa shape index (κ3) is 47.5. The Bertz CT molecular complexity index is 9.51. The molecule has 4 heteroatoms. The summed E-state index contributed by atoms with van der Waals surface area (Å²) < 4.78 is 0. The lowest BCUT2D eigenvalue weighted by Gasteiger charge is -1.12. The second-order valence-corrected chi connectivity index (χ2v) is 0. The molecule has 0 nitrogen and oxygen atoms in total. The first-order valence-electron chi connectivity index (χ1n) is 1.53. The van der Waals surface area contributed by atoms with Gasteiger partial charge in [0, 0.05) is 0 Å². The van der Waals surface area contributed by atoms with E-state index in [1.807, 2.05) is 13.8 Å². The van der Waals surface area contributed by atoms with Crippen LogP contribution in [0.15, 0.2) is 0 Å². The van der Waals surface area contributed by atoms with Crippen LogP contribution >= 0.6 is 41.2 Å². The highest BCUT2D eigenvalue weighted by Gasteiger charge is 0.932. The maximum absolute atomic E-state index is 3.22. The minimum absolute atomic E-state index is 2.00. The van der Waals surface area contributed by atoms with Gasteiger partial charge in [-0.05, 0) is 0 Å². The van der Waals surface area contributed by atoms with Crippen molar-refractivity contribution in [3.8, 4) is 0 Å². The zero-order chi connectivity index (χ0) is 6.00. The molecule has 42 valence electrons. The normalized spacial score (nSPS) is 3.00. The molecule has 0 aromatic heterocycles. The van der Waals surface area contributed by atoms with Crippen molar-refractivity contribution in [1.29, 1.82) is 0 Å². The summed E-state index contributed by atoms with van der Waals surface area (Å²) in [5.41, 5.74) is 0. The van der Waals surface area contributed by atoms with Crippen LogP contribution in [0.1, 0.15) is 13.8 Å². The summed E-state index contributed by atoms with van der Waals surface area (Å²) in [5.74, 6) is 0. The molecule has 0 saturated heterocycles. The SMILES string of the molecule is CC.PP.SS. The molecule has 0 rings (SSSR count). The van der Waals surface area contributed by atoms with Gasteiger partial charge in [0.2, 0.25) is 0 Å². The quantitative estimate of drug-likeness (QED) is 0.305. The van der Waals surface area contributed by atoms with Crippen LogP contribution in [0, 0.1) is 0 Å². The van der Waals surface area contributed by atoms with Crippen molar-refractivity contribution in [2.24, 2.45) is 0 Å². The van der Waals surface area contributed by atoms with Gasteiger partial charge < -0.3 is 0 Å². The van der Waals surface area contributed by atoms with Crippen molar-refractivity contribution in [2.45, 2.75) is 13.8 Å². The molecule has 0 bridgehead atoms. The third-order valence-corrected chi connectivity index (χ3v) is 0. The number of hydrogen-bond donors (Lipinski definition) is 2. The molecule has 0 aromatic rings. The fraction of sp³-hybridized carbons (Fsp3) is 1.00. The van der Waals surface area contributed by atoms with Gasteiger partial charge in [-0.3, -0.25) is 0 Å². The largest absolute Gasteiger partial charge is 0.118 e. The first-order chi connectivity index (χ1) is 3.00. The average molecular weight is 162 g/mol. The van der Waals surface area contributed by atoms with Gasteiger partial charge in [-0.1, -0.05) is 13.8 Å². The van der Waals surface area contributed by atoms with Gasteiger partial charge in [0.1, 0.15) is 0 Å². The minimum Gasteiger partial charge on any atom is -0.118 e. The van der Waals surface area contributed by atoms with Crippen molar-refractivity contribution in [3.05, 3.63) is 0 Å². The first-order valence-corrected chi connectivity index (χ1v) is 5.80. The Morgan fingerprint density at radius 2 is 1.00 bits per heavy atom. The third-order valence-electron chi connectivity index (χ3n) is 0. The van der Waals surface area contributed by atoms with Gasteiger partial charge >= 0.3 is 0 Å². The first kappa shape index (κ1) is 15.6. The predicted octanol–water partition coefficient (Wildman–Crippen LogP) is 2.44. The van der Waals surface area contributed by atoms with Crippen molar-refractivity contribution in [3.63, 3.8) is 0 Å². The average Bonchev–Trinajstić information content (AvgIpc) is 1.81. The molecular formula is C2H12P2S2. The highest BCUT2D eigenvalue weighted by Crippen LogP contribution is 1.86. The van der Waals surface area contributed by atoms with E-state index in [9.17, 15) is 0 Å². The Balaban J connectivity index is -0.0000000225. The zero-order valence-corrected chi connectivity index (χ0v) is 8.15. The van der Waals surface area contributed by atoms with E-state index in [1.54, 1.807) is 0 Å². The second-order valence-electron chi connectivity index (χ2n) is 0. The fourth-order valence-electron chi connectivity index (χ4n) is 0. The van der Waals surface area contributed by atoms with Crippen LogP contribution in [0.25, 0.3) is 0 Å². The second kappa shape index (κ2) is 83.3. The van der Waals surface area contributed by atoms with Crippen LogP contribution < -0.4 is 0 Å². The van der Waals surface area contributed by atoms with Crippen LogP contribution in [0.2, 0.25) is 0 Å².